The van der Waals surface area contributed by atoms with Gasteiger partial charge in [-0.25, -0.2) is 4.98 Å². The van der Waals surface area contributed by atoms with Gasteiger partial charge in [-0.15, -0.1) is 0 Å². The number of nitrogens with one attached hydrogen (secondary N) is 2. The highest BCUT2D eigenvalue weighted by molar-refractivity contribution is 4.92. The number of rotatable bonds is 6. The molecule has 2 rings (SSSR count). The first-order valence-corrected chi connectivity index (χ1v) is 6.78. The van der Waals surface area contributed by atoms with Gasteiger partial charge in [-0.2, -0.15) is 0 Å². The molecule has 0 bridgehead atoms. The predicted molar refractivity (Wildman–Crippen MR) is 69.8 cm³/mol. The number of imidazole rings is 1. The van der Waals surface area contributed by atoms with E-state index in [2.05, 4.69) is 27.1 Å². The molecule has 0 aliphatic carbocycles. The Morgan fingerprint density at radius 3 is 3.24 bits per heavy atom. The minimum atomic E-state index is 0.788. The lowest BCUT2D eigenvalue weighted by Gasteiger charge is -2.33. The summed E-state index contributed by atoms with van der Waals surface area (Å²) in [4.78, 5) is 9.73. The Bertz CT molecular complexity index is 296. The van der Waals surface area contributed by atoms with Crippen LogP contribution in [0.1, 0.15) is 38.3 Å². The third-order valence-electron chi connectivity index (χ3n) is 3.61. The molecule has 1 unspecified atom stereocenters. The molecule has 4 heteroatoms. The normalized spacial score (nSPS) is 21.8. The van der Waals surface area contributed by atoms with Gasteiger partial charge in [0, 0.05) is 24.5 Å². The van der Waals surface area contributed by atoms with Crippen LogP contribution in [-0.2, 0) is 6.54 Å². The molecule has 1 aliphatic rings. The van der Waals surface area contributed by atoms with Gasteiger partial charge in [-0.3, -0.25) is 0 Å². The quantitative estimate of drug-likeness (QED) is 0.740. The highest BCUT2D eigenvalue weighted by atomic mass is 15.2. The molecule has 0 saturated carbocycles. The molecule has 0 aromatic carbocycles. The summed E-state index contributed by atoms with van der Waals surface area (Å²) in [7, 11) is 0. The van der Waals surface area contributed by atoms with Crippen molar-refractivity contribution < 1.29 is 0 Å². The maximum absolute atomic E-state index is 4.00. The van der Waals surface area contributed by atoms with Crippen molar-refractivity contribution in [1.29, 1.82) is 0 Å². The van der Waals surface area contributed by atoms with Gasteiger partial charge in [0.2, 0.25) is 0 Å². The van der Waals surface area contributed by atoms with Gasteiger partial charge >= 0.3 is 0 Å². The molecule has 17 heavy (non-hydrogen) atoms. The molecule has 1 saturated heterocycles. The molecule has 96 valence electrons. The van der Waals surface area contributed by atoms with Gasteiger partial charge in [-0.05, 0) is 45.8 Å². The van der Waals surface area contributed by atoms with E-state index in [0.29, 0.717) is 0 Å². The summed E-state index contributed by atoms with van der Waals surface area (Å²) < 4.78 is 0. The van der Waals surface area contributed by atoms with Gasteiger partial charge in [0.1, 0.15) is 0 Å². The van der Waals surface area contributed by atoms with Crippen LogP contribution in [-0.4, -0.2) is 40.5 Å². The van der Waals surface area contributed by atoms with Crippen molar-refractivity contribution in [3.05, 3.63) is 18.2 Å². The van der Waals surface area contributed by atoms with Crippen LogP contribution in [0.5, 0.6) is 0 Å². The molecule has 1 fully saturated rings. The SMILES string of the molecule is CC1CCCCN1CCCNCc1cnc[nH]1. The standard InChI is InChI=1S/C13H24N4/c1-12-5-2-3-7-17(12)8-4-6-14-9-13-10-15-11-16-13/h10-12,14H,2-9H2,1H3,(H,15,16). The number of likely N-dealkylation sites (tertiary alicyclic amines) is 1. The molecule has 1 aromatic heterocycles. The minimum Gasteiger partial charge on any atom is -0.347 e. The molecular formula is C13H24N4. The zero-order valence-corrected chi connectivity index (χ0v) is 10.8. The largest absolute Gasteiger partial charge is 0.347 e. The fourth-order valence-electron chi connectivity index (χ4n) is 2.50. The fourth-order valence-corrected chi connectivity index (χ4v) is 2.50. The van der Waals surface area contributed by atoms with Crippen LogP contribution in [0.25, 0.3) is 0 Å². The van der Waals surface area contributed by atoms with E-state index < -0.39 is 0 Å². The maximum atomic E-state index is 4.00. The first kappa shape index (κ1) is 12.6. The fraction of sp³-hybridized carbons (Fsp3) is 0.769. The Balaban J connectivity index is 1.53. The van der Waals surface area contributed by atoms with Crippen molar-refractivity contribution >= 4 is 0 Å². The number of hydrogen-bond acceptors (Lipinski definition) is 3. The van der Waals surface area contributed by atoms with E-state index in [0.717, 1.165) is 24.8 Å². The number of hydrogen-bond donors (Lipinski definition) is 2. The monoisotopic (exact) mass is 236 g/mol. The molecule has 1 aromatic rings. The van der Waals surface area contributed by atoms with Crippen molar-refractivity contribution in [3.8, 4) is 0 Å². The van der Waals surface area contributed by atoms with Crippen LogP contribution in [0, 0.1) is 0 Å². The Hall–Kier alpha value is -0.870. The second-order valence-corrected chi connectivity index (χ2v) is 4.99. The van der Waals surface area contributed by atoms with Crippen LogP contribution in [0.2, 0.25) is 0 Å². The zero-order valence-electron chi connectivity index (χ0n) is 10.8. The maximum Gasteiger partial charge on any atom is 0.0922 e. The third-order valence-corrected chi connectivity index (χ3v) is 3.61. The summed E-state index contributed by atoms with van der Waals surface area (Å²) in [6, 6.07) is 0.788. The number of nitrogens with zero attached hydrogens (tertiary/aromatic N) is 2. The number of H-pyrrole nitrogens is 1. The molecule has 0 radical (unpaired) electrons. The van der Waals surface area contributed by atoms with E-state index >= 15 is 0 Å². The van der Waals surface area contributed by atoms with E-state index in [4.69, 9.17) is 0 Å². The van der Waals surface area contributed by atoms with Crippen LogP contribution < -0.4 is 5.32 Å². The lowest BCUT2D eigenvalue weighted by Crippen LogP contribution is -2.38. The Morgan fingerprint density at radius 2 is 2.47 bits per heavy atom. The Kier molecular flexibility index (Phi) is 5.01. The summed E-state index contributed by atoms with van der Waals surface area (Å²) in [6.45, 7) is 6.87. The summed E-state index contributed by atoms with van der Waals surface area (Å²) in [5.74, 6) is 0. The summed E-state index contributed by atoms with van der Waals surface area (Å²) >= 11 is 0. The van der Waals surface area contributed by atoms with Crippen molar-refractivity contribution in [2.45, 2.75) is 45.2 Å². The average molecular weight is 236 g/mol. The highest BCUT2D eigenvalue weighted by Gasteiger charge is 2.16. The van der Waals surface area contributed by atoms with E-state index in [-0.39, 0.29) is 0 Å². The molecule has 1 aliphatic heterocycles. The van der Waals surface area contributed by atoms with E-state index in [1.54, 1.807) is 6.33 Å². The Labute approximate surface area is 104 Å². The van der Waals surface area contributed by atoms with Crippen LogP contribution in [0.4, 0.5) is 0 Å². The second-order valence-electron chi connectivity index (χ2n) is 4.99. The third kappa shape index (κ3) is 4.13. The van der Waals surface area contributed by atoms with E-state index in [1.807, 2.05) is 6.20 Å². The van der Waals surface area contributed by atoms with Crippen LogP contribution in [0.15, 0.2) is 12.5 Å². The second kappa shape index (κ2) is 6.77. The first-order chi connectivity index (χ1) is 8.36. The van der Waals surface area contributed by atoms with Gasteiger partial charge in [0.15, 0.2) is 0 Å². The number of aromatic amines is 1. The Morgan fingerprint density at radius 1 is 1.53 bits per heavy atom. The van der Waals surface area contributed by atoms with Gasteiger partial charge in [0.25, 0.3) is 0 Å². The molecule has 1 atom stereocenters. The number of aromatic nitrogens is 2. The van der Waals surface area contributed by atoms with Crippen molar-refractivity contribution in [3.63, 3.8) is 0 Å². The minimum absolute atomic E-state index is 0.788. The van der Waals surface area contributed by atoms with Crippen LogP contribution >= 0.6 is 0 Å². The van der Waals surface area contributed by atoms with E-state index in [9.17, 15) is 0 Å². The van der Waals surface area contributed by atoms with Gasteiger partial charge in [-0.1, -0.05) is 6.42 Å². The van der Waals surface area contributed by atoms with Gasteiger partial charge < -0.3 is 15.2 Å². The molecule has 4 nitrogen and oxygen atoms in total. The lowest BCUT2D eigenvalue weighted by atomic mass is 10.0. The smallest absolute Gasteiger partial charge is 0.0922 e. The van der Waals surface area contributed by atoms with E-state index in [1.165, 1.54) is 38.8 Å². The van der Waals surface area contributed by atoms with Crippen molar-refractivity contribution in [2.75, 3.05) is 19.6 Å². The summed E-state index contributed by atoms with van der Waals surface area (Å²) in [6.07, 6.45) is 9.01. The summed E-state index contributed by atoms with van der Waals surface area (Å²) in [5, 5.41) is 3.44. The number of piperidine rings is 1. The highest BCUT2D eigenvalue weighted by Crippen LogP contribution is 2.15. The molecule has 2 heterocycles. The first-order valence-electron chi connectivity index (χ1n) is 6.78. The summed E-state index contributed by atoms with van der Waals surface area (Å²) in [5.41, 5.74) is 1.16. The zero-order chi connectivity index (χ0) is 11.9. The predicted octanol–water partition coefficient (Wildman–Crippen LogP) is 1.76. The molecule has 0 spiro atoms. The molecule has 2 N–H and O–H groups in total. The average Bonchev–Trinajstić information content (AvgIpc) is 2.84. The lowest BCUT2D eigenvalue weighted by molar-refractivity contribution is 0.159. The molecule has 0 amide bonds. The van der Waals surface area contributed by atoms with Crippen molar-refractivity contribution in [2.24, 2.45) is 0 Å². The van der Waals surface area contributed by atoms with Crippen molar-refractivity contribution in [1.82, 2.24) is 20.2 Å². The van der Waals surface area contributed by atoms with Gasteiger partial charge in [0.05, 0.1) is 6.33 Å². The molecular weight excluding hydrogens is 212 g/mol. The van der Waals surface area contributed by atoms with Crippen LogP contribution in [0.3, 0.4) is 0 Å². The topological polar surface area (TPSA) is 44.0 Å².